The zero-order valence-corrected chi connectivity index (χ0v) is 16.9. The number of aromatic amines is 1. The first-order valence-electron chi connectivity index (χ1n) is 9.37. The third-order valence-corrected chi connectivity index (χ3v) is 5.65. The summed E-state index contributed by atoms with van der Waals surface area (Å²) in [6.07, 6.45) is 6.43. The van der Waals surface area contributed by atoms with Crippen molar-refractivity contribution in [2.75, 3.05) is 19.4 Å². The molecule has 29 heavy (non-hydrogen) atoms. The monoisotopic (exact) mass is 406 g/mol. The van der Waals surface area contributed by atoms with Gasteiger partial charge in [0.25, 0.3) is 0 Å². The second kappa shape index (κ2) is 8.87. The maximum Gasteiger partial charge on any atom is 0.230 e. The second-order valence-electron chi connectivity index (χ2n) is 6.53. The number of nitrogens with one attached hydrogen (secondary N) is 2. The molecule has 0 saturated carbocycles. The number of thioether (sulfide) groups is 1. The van der Waals surface area contributed by atoms with Gasteiger partial charge in [-0.25, -0.2) is 4.98 Å². The quantitative estimate of drug-likeness (QED) is 0.437. The van der Waals surface area contributed by atoms with E-state index >= 15 is 0 Å². The van der Waals surface area contributed by atoms with Gasteiger partial charge in [-0.3, -0.25) is 9.36 Å². The van der Waals surface area contributed by atoms with Crippen LogP contribution >= 0.6 is 11.8 Å². The van der Waals surface area contributed by atoms with Crippen molar-refractivity contribution < 1.29 is 9.53 Å². The van der Waals surface area contributed by atoms with E-state index in [4.69, 9.17) is 4.74 Å². The molecule has 0 spiro atoms. The van der Waals surface area contributed by atoms with Gasteiger partial charge in [0, 0.05) is 41.7 Å². The molecule has 2 N–H and O–H groups in total. The highest BCUT2D eigenvalue weighted by molar-refractivity contribution is 7.99. The molecule has 6 nitrogen and oxygen atoms in total. The molecule has 2 aromatic heterocycles. The molecule has 148 valence electrons. The van der Waals surface area contributed by atoms with E-state index in [1.165, 1.54) is 22.7 Å². The molecule has 0 aliphatic rings. The van der Waals surface area contributed by atoms with Crippen molar-refractivity contribution in [3.8, 4) is 11.4 Å². The Kier molecular flexibility index (Phi) is 5.86. The summed E-state index contributed by atoms with van der Waals surface area (Å²) in [5, 5.41) is 4.98. The standard InChI is InChI=1S/C22H22N4O2S/c1-28-18-8-6-17(7-9-18)26-13-12-24-22(26)29-15-21(27)23-11-10-16-14-25-20-5-3-2-4-19(16)20/h2-9,12-14,25H,10-11,15H2,1H3,(H,23,27). The number of para-hydroxylation sites is 1. The molecule has 1 amide bonds. The number of benzene rings is 2. The maximum atomic E-state index is 12.3. The highest BCUT2D eigenvalue weighted by Gasteiger charge is 2.10. The molecule has 2 heterocycles. The summed E-state index contributed by atoms with van der Waals surface area (Å²) in [4.78, 5) is 19.9. The Bertz CT molecular complexity index is 1100. The molecule has 2 aromatic carbocycles. The lowest BCUT2D eigenvalue weighted by molar-refractivity contribution is -0.118. The largest absolute Gasteiger partial charge is 0.497 e. The summed E-state index contributed by atoms with van der Waals surface area (Å²) in [5.74, 6) is 1.12. The van der Waals surface area contributed by atoms with Gasteiger partial charge in [-0.1, -0.05) is 30.0 Å². The molecule has 7 heteroatoms. The van der Waals surface area contributed by atoms with Crippen LogP contribution in [0.15, 0.2) is 72.3 Å². The van der Waals surface area contributed by atoms with E-state index < -0.39 is 0 Å². The van der Waals surface area contributed by atoms with Crippen LogP contribution in [0.1, 0.15) is 5.56 Å². The summed E-state index contributed by atoms with van der Waals surface area (Å²) >= 11 is 1.42. The molecule has 0 radical (unpaired) electrons. The number of imidazole rings is 1. The fourth-order valence-corrected chi connectivity index (χ4v) is 4.00. The number of rotatable bonds is 8. The van der Waals surface area contributed by atoms with Crippen LogP contribution in [0, 0.1) is 0 Å². The van der Waals surface area contributed by atoms with Crippen LogP contribution in [0.25, 0.3) is 16.6 Å². The molecule has 0 saturated heterocycles. The maximum absolute atomic E-state index is 12.3. The predicted molar refractivity (Wildman–Crippen MR) is 116 cm³/mol. The van der Waals surface area contributed by atoms with Crippen LogP contribution in [0.2, 0.25) is 0 Å². The summed E-state index contributed by atoms with van der Waals surface area (Å²) in [6.45, 7) is 0.605. The number of nitrogens with zero attached hydrogens (tertiary/aromatic N) is 2. The normalized spacial score (nSPS) is 10.9. The van der Waals surface area contributed by atoms with Crippen molar-refractivity contribution in [1.29, 1.82) is 0 Å². The number of hydrogen-bond acceptors (Lipinski definition) is 4. The lowest BCUT2D eigenvalue weighted by atomic mass is 10.1. The van der Waals surface area contributed by atoms with Gasteiger partial charge in [0.1, 0.15) is 5.75 Å². The summed E-state index contributed by atoms with van der Waals surface area (Å²) in [7, 11) is 1.64. The third kappa shape index (κ3) is 4.46. The topological polar surface area (TPSA) is 71.9 Å². The van der Waals surface area contributed by atoms with Crippen LogP contribution in [0.3, 0.4) is 0 Å². The minimum Gasteiger partial charge on any atom is -0.497 e. The number of carbonyl (C=O) groups excluding carboxylic acids is 1. The van der Waals surface area contributed by atoms with Crippen molar-refractivity contribution in [3.63, 3.8) is 0 Å². The van der Waals surface area contributed by atoms with Crippen molar-refractivity contribution in [1.82, 2.24) is 19.9 Å². The Morgan fingerprint density at radius 2 is 2.03 bits per heavy atom. The van der Waals surface area contributed by atoms with E-state index in [0.717, 1.165) is 28.5 Å². The van der Waals surface area contributed by atoms with Gasteiger partial charge >= 0.3 is 0 Å². The molecule has 0 bridgehead atoms. The number of aromatic nitrogens is 3. The Morgan fingerprint density at radius 1 is 1.21 bits per heavy atom. The second-order valence-corrected chi connectivity index (χ2v) is 7.47. The van der Waals surface area contributed by atoms with Crippen LogP contribution in [-0.2, 0) is 11.2 Å². The van der Waals surface area contributed by atoms with Gasteiger partial charge < -0.3 is 15.0 Å². The third-order valence-electron chi connectivity index (χ3n) is 4.68. The highest BCUT2D eigenvalue weighted by atomic mass is 32.2. The van der Waals surface area contributed by atoms with Crippen LogP contribution in [0.5, 0.6) is 5.75 Å². The van der Waals surface area contributed by atoms with E-state index in [-0.39, 0.29) is 5.91 Å². The average Bonchev–Trinajstić information content (AvgIpc) is 3.40. The molecular formula is C22H22N4O2S. The molecular weight excluding hydrogens is 384 g/mol. The van der Waals surface area contributed by atoms with Gasteiger partial charge in [-0.15, -0.1) is 0 Å². The van der Waals surface area contributed by atoms with Gasteiger partial charge in [-0.2, -0.15) is 0 Å². The lowest BCUT2D eigenvalue weighted by Crippen LogP contribution is -2.27. The first-order valence-corrected chi connectivity index (χ1v) is 10.4. The van der Waals surface area contributed by atoms with Crippen molar-refractivity contribution in [2.45, 2.75) is 11.6 Å². The Morgan fingerprint density at radius 3 is 2.86 bits per heavy atom. The molecule has 0 aliphatic carbocycles. The number of ether oxygens (including phenoxy) is 1. The van der Waals surface area contributed by atoms with Crippen LogP contribution in [-0.4, -0.2) is 39.8 Å². The van der Waals surface area contributed by atoms with Crippen molar-refractivity contribution in [3.05, 3.63) is 72.7 Å². The minimum atomic E-state index is -0.000813. The predicted octanol–water partition coefficient (Wildman–Crippen LogP) is 3.81. The number of hydrogen-bond donors (Lipinski definition) is 2. The molecule has 4 rings (SSSR count). The number of carbonyl (C=O) groups is 1. The molecule has 0 atom stereocenters. The zero-order chi connectivity index (χ0) is 20.1. The van der Waals surface area contributed by atoms with E-state index in [9.17, 15) is 4.79 Å². The van der Waals surface area contributed by atoms with Crippen LogP contribution in [0.4, 0.5) is 0 Å². The van der Waals surface area contributed by atoms with E-state index in [0.29, 0.717) is 12.3 Å². The lowest BCUT2D eigenvalue weighted by Gasteiger charge is -2.09. The summed E-state index contributed by atoms with van der Waals surface area (Å²) in [6, 6.07) is 15.9. The fourth-order valence-electron chi connectivity index (χ4n) is 3.19. The van der Waals surface area contributed by atoms with Gasteiger partial charge in [-0.05, 0) is 42.3 Å². The zero-order valence-electron chi connectivity index (χ0n) is 16.1. The minimum absolute atomic E-state index is 0.000813. The van der Waals surface area contributed by atoms with Gasteiger partial charge in [0.05, 0.1) is 12.9 Å². The van der Waals surface area contributed by atoms with E-state index in [1.54, 1.807) is 13.3 Å². The Balaban J connectivity index is 1.29. The van der Waals surface area contributed by atoms with E-state index in [1.807, 2.05) is 53.4 Å². The van der Waals surface area contributed by atoms with Crippen LogP contribution < -0.4 is 10.1 Å². The summed E-state index contributed by atoms with van der Waals surface area (Å²) < 4.78 is 7.16. The molecule has 4 aromatic rings. The molecule has 0 aliphatic heterocycles. The fraction of sp³-hybridized carbons (Fsp3) is 0.182. The van der Waals surface area contributed by atoms with Gasteiger partial charge in [0.15, 0.2) is 5.16 Å². The first-order chi connectivity index (χ1) is 14.2. The first kappa shape index (κ1) is 19.1. The number of H-pyrrole nitrogens is 1. The molecule has 0 fully saturated rings. The average molecular weight is 407 g/mol. The van der Waals surface area contributed by atoms with Gasteiger partial charge in [0.2, 0.25) is 5.91 Å². The number of fused-ring (bicyclic) bond motifs is 1. The Hall–Kier alpha value is -3.19. The van der Waals surface area contributed by atoms with Crippen molar-refractivity contribution >= 4 is 28.6 Å². The molecule has 0 unspecified atom stereocenters. The number of methoxy groups -OCH3 is 1. The van der Waals surface area contributed by atoms with Crippen molar-refractivity contribution in [2.24, 2.45) is 0 Å². The SMILES string of the molecule is COc1ccc(-n2ccnc2SCC(=O)NCCc2c[nH]c3ccccc23)cc1. The summed E-state index contributed by atoms with van der Waals surface area (Å²) in [5.41, 5.74) is 3.31. The highest BCUT2D eigenvalue weighted by Crippen LogP contribution is 2.22. The smallest absolute Gasteiger partial charge is 0.230 e. The Labute approximate surface area is 173 Å². The van der Waals surface area contributed by atoms with E-state index in [2.05, 4.69) is 27.4 Å². The number of amides is 1.